The Morgan fingerprint density at radius 2 is 1.32 bits per heavy atom. The van der Waals surface area contributed by atoms with Crippen molar-refractivity contribution in [2.75, 3.05) is 6.61 Å². The highest BCUT2D eigenvalue weighted by Gasteiger charge is 2.23. The zero-order chi connectivity index (χ0) is 17.6. The summed E-state index contributed by atoms with van der Waals surface area (Å²) in [6.07, 6.45) is 3.54. The van der Waals surface area contributed by atoms with E-state index < -0.39 is 0 Å². The molecule has 0 atom stereocenters. The van der Waals surface area contributed by atoms with E-state index in [-0.39, 0.29) is 18.4 Å². The molecular weight excluding hydrogens is 318 g/mol. The minimum atomic E-state index is -0.282. The highest BCUT2D eigenvalue weighted by molar-refractivity contribution is 6.12. The van der Waals surface area contributed by atoms with Gasteiger partial charge in [0.2, 0.25) is 0 Å². The van der Waals surface area contributed by atoms with Crippen molar-refractivity contribution >= 4 is 11.8 Å². The maximum absolute atomic E-state index is 11.6. The van der Waals surface area contributed by atoms with Gasteiger partial charge in [0.25, 0.3) is 11.8 Å². The lowest BCUT2D eigenvalue weighted by atomic mass is 10.2. The van der Waals surface area contributed by atoms with Gasteiger partial charge in [-0.3, -0.25) is 14.5 Å². The standard InChI is InChI=1S/C20H19NO4/c1-2-13-24-16-7-9-18(10-8-16)25-17-5-3-15(4-6-17)14-21-19(22)11-12-20(21)23/h3-12H,2,13-14H2,1H3. The summed E-state index contributed by atoms with van der Waals surface area (Å²) in [5.74, 6) is 1.65. The molecule has 5 heteroatoms. The number of rotatable bonds is 7. The van der Waals surface area contributed by atoms with E-state index in [4.69, 9.17) is 9.47 Å². The first-order valence-electron chi connectivity index (χ1n) is 8.19. The van der Waals surface area contributed by atoms with E-state index >= 15 is 0 Å². The molecule has 0 radical (unpaired) electrons. The van der Waals surface area contributed by atoms with Crippen LogP contribution in [0.25, 0.3) is 0 Å². The van der Waals surface area contributed by atoms with Crippen molar-refractivity contribution in [1.82, 2.24) is 4.90 Å². The topological polar surface area (TPSA) is 55.8 Å². The van der Waals surface area contributed by atoms with Gasteiger partial charge in [-0.25, -0.2) is 0 Å². The van der Waals surface area contributed by atoms with Crippen LogP contribution in [0.1, 0.15) is 18.9 Å². The van der Waals surface area contributed by atoms with E-state index in [9.17, 15) is 9.59 Å². The number of benzene rings is 2. The van der Waals surface area contributed by atoms with E-state index in [0.717, 1.165) is 17.7 Å². The zero-order valence-electron chi connectivity index (χ0n) is 14.0. The minimum absolute atomic E-state index is 0.258. The van der Waals surface area contributed by atoms with Gasteiger partial charge >= 0.3 is 0 Å². The zero-order valence-corrected chi connectivity index (χ0v) is 14.0. The molecule has 0 saturated heterocycles. The van der Waals surface area contributed by atoms with E-state index in [0.29, 0.717) is 18.1 Å². The minimum Gasteiger partial charge on any atom is -0.494 e. The smallest absolute Gasteiger partial charge is 0.253 e. The van der Waals surface area contributed by atoms with E-state index in [1.54, 1.807) is 0 Å². The molecule has 0 aliphatic carbocycles. The number of hydrogen-bond acceptors (Lipinski definition) is 4. The molecule has 0 N–H and O–H groups in total. The van der Waals surface area contributed by atoms with Crippen LogP contribution in [0.4, 0.5) is 0 Å². The second-order valence-corrected chi connectivity index (χ2v) is 5.66. The van der Waals surface area contributed by atoms with Gasteiger partial charge in [-0.15, -0.1) is 0 Å². The Hall–Kier alpha value is -3.08. The first kappa shape index (κ1) is 16.8. The van der Waals surface area contributed by atoms with Gasteiger partial charge in [-0.2, -0.15) is 0 Å². The molecule has 3 rings (SSSR count). The summed E-state index contributed by atoms with van der Waals surface area (Å²) in [5, 5.41) is 0. The molecule has 0 bridgehead atoms. The van der Waals surface area contributed by atoms with Crippen LogP contribution in [0.3, 0.4) is 0 Å². The molecule has 2 amide bonds. The molecule has 2 aromatic rings. The average molecular weight is 337 g/mol. The predicted molar refractivity (Wildman–Crippen MR) is 93.4 cm³/mol. The lowest BCUT2D eigenvalue weighted by Gasteiger charge is -2.14. The molecule has 1 heterocycles. The van der Waals surface area contributed by atoms with Crippen LogP contribution in [0, 0.1) is 0 Å². The fraction of sp³-hybridized carbons (Fsp3) is 0.200. The van der Waals surface area contributed by atoms with Crippen LogP contribution in [0.15, 0.2) is 60.7 Å². The fourth-order valence-corrected chi connectivity index (χ4v) is 2.39. The first-order chi connectivity index (χ1) is 12.2. The largest absolute Gasteiger partial charge is 0.494 e. The second-order valence-electron chi connectivity index (χ2n) is 5.66. The average Bonchev–Trinajstić information content (AvgIpc) is 2.95. The van der Waals surface area contributed by atoms with E-state index in [2.05, 4.69) is 6.92 Å². The van der Waals surface area contributed by atoms with Crippen molar-refractivity contribution in [2.24, 2.45) is 0 Å². The van der Waals surface area contributed by atoms with Crippen molar-refractivity contribution in [3.05, 3.63) is 66.2 Å². The summed E-state index contributed by atoms with van der Waals surface area (Å²) in [6, 6.07) is 14.8. The predicted octanol–water partition coefficient (Wildman–Crippen LogP) is 3.69. The van der Waals surface area contributed by atoms with Crippen molar-refractivity contribution in [3.8, 4) is 17.2 Å². The Morgan fingerprint density at radius 3 is 1.88 bits per heavy atom. The molecule has 0 fully saturated rings. The Morgan fingerprint density at radius 1 is 0.800 bits per heavy atom. The summed E-state index contributed by atoms with van der Waals surface area (Å²) in [4.78, 5) is 24.3. The highest BCUT2D eigenvalue weighted by Crippen LogP contribution is 2.24. The van der Waals surface area contributed by atoms with Gasteiger partial charge in [0.05, 0.1) is 13.2 Å². The van der Waals surface area contributed by atoms with Crippen molar-refractivity contribution in [3.63, 3.8) is 0 Å². The van der Waals surface area contributed by atoms with Crippen molar-refractivity contribution in [2.45, 2.75) is 19.9 Å². The highest BCUT2D eigenvalue weighted by atomic mass is 16.5. The number of imide groups is 1. The maximum Gasteiger partial charge on any atom is 0.253 e. The summed E-state index contributed by atoms with van der Waals surface area (Å²) >= 11 is 0. The van der Waals surface area contributed by atoms with Gasteiger partial charge < -0.3 is 9.47 Å². The fourth-order valence-electron chi connectivity index (χ4n) is 2.39. The molecule has 0 aromatic heterocycles. The third-order valence-electron chi connectivity index (χ3n) is 3.70. The van der Waals surface area contributed by atoms with Crippen LogP contribution < -0.4 is 9.47 Å². The monoisotopic (exact) mass is 337 g/mol. The summed E-state index contributed by atoms with van der Waals surface area (Å²) in [6.45, 7) is 3.01. The molecule has 0 spiro atoms. The van der Waals surface area contributed by atoms with Crippen LogP contribution in [-0.2, 0) is 16.1 Å². The van der Waals surface area contributed by atoms with Gasteiger partial charge in [0, 0.05) is 12.2 Å². The van der Waals surface area contributed by atoms with Crippen LogP contribution >= 0.6 is 0 Å². The SMILES string of the molecule is CCCOc1ccc(Oc2ccc(CN3C(=O)C=CC3=O)cc2)cc1. The normalized spacial score (nSPS) is 13.4. The van der Waals surface area contributed by atoms with Crippen molar-refractivity contribution < 1.29 is 19.1 Å². The van der Waals surface area contributed by atoms with Gasteiger partial charge in [0.15, 0.2) is 0 Å². The number of ether oxygens (including phenoxy) is 2. The summed E-state index contributed by atoms with van der Waals surface area (Å²) in [7, 11) is 0. The molecule has 128 valence electrons. The number of hydrogen-bond donors (Lipinski definition) is 0. The Kier molecular flexibility index (Phi) is 5.14. The quantitative estimate of drug-likeness (QED) is 0.723. The van der Waals surface area contributed by atoms with E-state index in [1.165, 1.54) is 17.1 Å². The molecule has 1 aliphatic heterocycles. The number of nitrogens with zero attached hydrogens (tertiary/aromatic N) is 1. The number of carbonyl (C=O) groups is 2. The first-order valence-corrected chi connectivity index (χ1v) is 8.19. The Bertz CT molecular complexity index is 760. The third-order valence-corrected chi connectivity index (χ3v) is 3.70. The Labute approximate surface area is 146 Å². The third kappa shape index (κ3) is 4.26. The van der Waals surface area contributed by atoms with Crippen LogP contribution in [0.5, 0.6) is 17.2 Å². The second kappa shape index (κ2) is 7.66. The number of carbonyl (C=O) groups excluding carboxylic acids is 2. The summed E-state index contributed by atoms with van der Waals surface area (Å²) in [5.41, 5.74) is 0.862. The molecule has 1 aliphatic rings. The summed E-state index contributed by atoms with van der Waals surface area (Å²) < 4.78 is 11.3. The van der Waals surface area contributed by atoms with Gasteiger partial charge in [0.1, 0.15) is 17.2 Å². The lowest BCUT2D eigenvalue weighted by molar-refractivity contribution is -0.137. The molecule has 0 unspecified atom stereocenters. The number of amides is 2. The molecule has 5 nitrogen and oxygen atoms in total. The molecule has 2 aromatic carbocycles. The van der Waals surface area contributed by atoms with Crippen molar-refractivity contribution in [1.29, 1.82) is 0 Å². The van der Waals surface area contributed by atoms with Gasteiger partial charge in [-0.1, -0.05) is 19.1 Å². The Balaban J connectivity index is 1.59. The molecular formula is C20H19NO4. The van der Waals surface area contributed by atoms with E-state index in [1.807, 2.05) is 48.5 Å². The molecule has 25 heavy (non-hydrogen) atoms. The maximum atomic E-state index is 11.6. The van der Waals surface area contributed by atoms with Crippen LogP contribution in [-0.4, -0.2) is 23.3 Å². The van der Waals surface area contributed by atoms with Gasteiger partial charge in [-0.05, 0) is 48.4 Å². The van der Waals surface area contributed by atoms with Crippen LogP contribution in [0.2, 0.25) is 0 Å². The molecule has 0 saturated carbocycles. The lowest BCUT2D eigenvalue weighted by Crippen LogP contribution is -2.29.